The van der Waals surface area contributed by atoms with Gasteiger partial charge in [0.1, 0.15) is 11.6 Å². The van der Waals surface area contributed by atoms with Crippen LogP contribution in [0.3, 0.4) is 0 Å². The van der Waals surface area contributed by atoms with Gasteiger partial charge in [-0.25, -0.2) is 9.37 Å². The number of halogens is 1. The molecule has 9 heteroatoms. The van der Waals surface area contributed by atoms with Gasteiger partial charge in [-0.15, -0.1) is 10.2 Å². The van der Waals surface area contributed by atoms with E-state index in [1.54, 1.807) is 17.9 Å². The second-order valence-corrected chi connectivity index (χ2v) is 7.07. The zero-order chi connectivity index (χ0) is 18.4. The maximum absolute atomic E-state index is 13.5. The summed E-state index contributed by atoms with van der Waals surface area (Å²) in [7, 11) is 0. The number of aryl methyl sites for hydroxylation is 2. The number of benzene rings is 1. The number of carbonyl (C=O) groups excluding carboxylic acids is 1. The number of nitrogens with zero attached hydrogens (tertiary/aromatic N) is 6. The van der Waals surface area contributed by atoms with E-state index in [1.165, 1.54) is 23.7 Å². The van der Waals surface area contributed by atoms with Crippen LogP contribution in [0.15, 0.2) is 18.2 Å². The first-order chi connectivity index (χ1) is 12.5. The predicted molar refractivity (Wildman–Crippen MR) is 94.3 cm³/mol. The Bertz CT molecular complexity index is 997. The Morgan fingerprint density at radius 2 is 2.08 bits per heavy atom. The predicted octanol–water partition coefficient (Wildman–Crippen LogP) is 2.77. The van der Waals surface area contributed by atoms with E-state index in [4.69, 9.17) is 0 Å². The van der Waals surface area contributed by atoms with E-state index in [-0.39, 0.29) is 17.8 Å². The maximum atomic E-state index is 13.5. The highest BCUT2D eigenvalue weighted by atomic mass is 32.1. The lowest BCUT2D eigenvalue weighted by molar-refractivity contribution is 0.0638. The van der Waals surface area contributed by atoms with Crippen LogP contribution in [-0.2, 0) is 6.54 Å². The first kappa shape index (κ1) is 16.8. The molecule has 1 atom stereocenters. The van der Waals surface area contributed by atoms with Crippen molar-refractivity contribution in [3.05, 3.63) is 46.8 Å². The molecule has 2 aromatic heterocycles. The molecule has 7 nitrogen and oxygen atoms in total. The molecule has 3 heterocycles. The van der Waals surface area contributed by atoms with E-state index >= 15 is 0 Å². The summed E-state index contributed by atoms with van der Waals surface area (Å²) >= 11 is 1.29. The lowest BCUT2D eigenvalue weighted by atomic mass is 10.1. The highest BCUT2D eigenvalue weighted by molar-refractivity contribution is 7.09. The third-order valence-corrected chi connectivity index (χ3v) is 5.37. The molecular weight excluding hydrogens is 355 g/mol. The van der Waals surface area contributed by atoms with Crippen LogP contribution >= 0.6 is 11.5 Å². The molecule has 0 unspecified atom stereocenters. The van der Waals surface area contributed by atoms with Gasteiger partial charge in [0.15, 0.2) is 16.7 Å². The van der Waals surface area contributed by atoms with Crippen molar-refractivity contribution in [1.29, 1.82) is 0 Å². The number of fused-ring (bicyclic) bond motifs is 1. The molecule has 0 N–H and O–H groups in total. The molecule has 0 spiro atoms. The lowest BCUT2D eigenvalue weighted by Crippen LogP contribution is -2.41. The lowest BCUT2D eigenvalue weighted by Gasteiger charge is -2.33. The summed E-state index contributed by atoms with van der Waals surface area (Å²) in [6, 6.07) is 4.19. The van der Waals surface area contributed by atoms with Crippen LogP contribution in [-0.4, -0.2) is 41.5 Å². The second-order valence-electron chi connectivity index (χ2n) is 6.32. The number of carbonyl (C=O) groups is 1. The molecule has 1 aliphatic heterocycles. The molecule has 26 heavy (non-hydrogen) atoms. The van der Waals surface area contributed by atoms with Crippen molar-refractivity contribution in [1.82, 2.24) is 29.0 Å². The van der Waals surface area contributed by atoms with Gasteiger partial charge < -0.3 is 9.47 Å². The maximum Gasteiger partial charge on any atom is 0.254 e. The standard InChI is InChI=1S/C17H17FN6OS/c1-9-8-12(4-5-13(9)18)17(25)23-6-7-24-14(10(23)2)20-21-15(24)16-19-11(3)22-26-16/h4-5,8,10H,6-7H2,1-3H3/t10-/m1/s1. The quantitative estimate of drug-likeness (QED) is 0.691. The molecule has 1 aromatic carbocycles. The fourth-order valence-electron chi connectivity index (χ4n) is 3.15. The van der Waals surface area contributed by atoms with Crippen molar-refractivity contribution in [2.45, 2.75) is 33.4 Å². The van der Waals surface area contributed by atoms with E-state index < -0.39 is 0 Å². The van der Waals surface area contributed by atoms with Crippen molar-refractivity contribution in [2.24, 2.45) is 0 Å². The molecule has 0 fully saturated rings. The zero-order valence-corrected chi connectivity index (χ0v) is 15.4. The zero-order valence-electron chi connectivity index (χ0n) is 14.6. The van der Waals surface area contributed by atoms with Crippen LogP contribution in [0.1, 0.15) is 40.5 Å². The van der Waals surface area contributed by atoms with E-state index in [2.05, 4.69) is 19.6 Å². The molecule has 1 amide bonds. The SMILES string of the molecule is Cc1nsc(-c2nnc3n2CCN(C(=O)c2ccc(F)c(C)c2)[C@@H]3C)n1. The van der Waals surface area contributed by atoms with E-state index in [0.717, 1.165) is 5.01 Å². The van der Waals surface area contributed by atoms with Crippen LogP contribution in [0.2, 0.25) is 0 Å². The van der Waals surface area contributed by atoms with Gasteiger partial charge in [0.05, 0.1) is 6.04 Å². The van der Waals surface area contributed by atoms with Crippen LogP contribution in [0.25, 0.3) is 10.8 Å². The van der Waals surface area contributed by atoms with Crippen LogP contribution < -0.4 is 0 Å². The number of hydrogen-bond donors (Lipinski definition) is 0. The molecule has 1 aliphatic rings. The minimum Gasteiger partial charge on any atom is -0.327 e. The molecule has 3 aromatic rings. The van der Waals surface area contributed by atoms with Crippen molar-refractivity contribution >= 4 is 17.4 Å². The molecule has 0 bridgehead atoms. The van der Waals surface area contributed by atoms with Crippen molar-refractivity contribution in [2.75, 3.05) is 6.54 Å². The van der Waals surface area contributed by atoms with Gasteiger partial charge in [0.25, 0.3) is 5.91 Å². The summed E-state index contributed by atoms with van der Waals surface area (Å²) in [5, 5.41) is 9.26. The molecule has 134 valence electrons. The van der Waals surface area contributed by atoms with Crippen molar-refractivity contribution < 1.29 is 9.18 Å². The average molecular weight is 372 g/mol. The fourth-order valence-corrected chi connectivity index (χ4v) is 3.82. The first-order valence-corrected chi connectivity index (χ1v) is 9.04. The van der Waals surface area contributed by atoms with Gasteiger partial charge in [-0.2, -0.15) is 4.37 Å². The van der Waals surface area contributed by atoms with Gasteiger partial charge in [0.2, 0.25) is 0 Å². The molecule has 0 aliphatic carbocycles. The van der Waals surface area contributed by atoms with Gasteiger partial charge in [-0.05, 0) is 56.1 Å². The highest BCUT2D eigenvalue weighted by Crippen LogP contribution is 2.30. The van der Waals surface area contributed by atoms with E-state index in [9.17, 15) is 9.18 Å². The Balaban J connectivity index is 1.64. The Morgan fingerprint density at radius 3 is 2.77 bits per heavy atom. The number of amides is 1. The first-order valence-electron chi connectivity index (χ1n) is 8.26. The molecule has 0 saturated carbocycles. The average Bonchev–Trinajstić information content (AvgIpc) is 3.23. The fraction of sp³-hybridized carbons (Fsp3) is 0.353. The Kier molecular flexibility index (Phi) is 4.03. The monoisotopic (exact) mass is 372 g/mol. The molecule has 4 rings (SSSR count). The summed E-state index contributed by atoms with van der Waals surface area (Å²) in [6.07, 6.45) is 0. The van der Waals surface area contributed by atoms with Crippen LogP contribution in [0, 0.1) is 19.7 Å². The Morgan fingerprint density at radius 1 is 1.27 bits per heavy atom. The van der Waals surface area contributed by atoms with Gasteiger partial charge in [0, 0.05) is 18.7 Å². The second kappa shape index (κ2) is 6.24. The smallest absolute Gasteiger partial charge is 0.254 e. The van der Waals surface area contributed by atoms with Gasteiger partial charge in [-0.1, -0.05) is 0 Å². The largest absolute Gasteiger partial charge is 0.327 e. The summed E-state index contributed by atoms with van der Waals surface area (Å²) in [5.41, 5.74) is 0.932. The minimum absolute atomic E-state index is 0.136. The van der Waals surface area contributed by atoms with Crippen molar-refractivity contribution in [3.8, 4) is 10.8 Å². The Hall–Kier alpha value is -2.68. The molecule has 0 saturated heterocycles. The summed E-state index contributed by atoms with van der Waals surface area (Å²) in [6.45, 7) is 6.50. The van der Waals surface area contributed by atoms with Crippen LogP contribution in [0.4, 0.5) is 4.39 Å². The summed E-state index contributed by atoms with van der Waals surface area (Å²) < 4.78 is 19.7. The van der Waals surface area contributed by atoms with Crippen LogP contribution in [0.5, 0.6) is 0 Å². The third kappa shape index (κ3) is 2.68. The number of rotatable bonds is 2. The topological polar surface area (TPSA) is 76.8 Å². The normalized spacial score (nSPS) is 16.6. The Labute approximate surface area is 153 Å². The highest BCUT2D eigenvalue weighted by Gasteiger charge is 2.32. The minimum atomic E-state index is -0.315. The third-order valence-electron chi connectivity index (χ3n) is 4.57. The van der Waals surface area contributed by atoms with E-state index in [0.29, 0.717) is 41.7 Å². The molecule has 0 radical (unpaired) electrons. The number of hydrogen-bond acceptors (Lipinski definition) is 6. The summed E-state index contributed by atoms with van der Waals surface area (Å²) in [4.78, 5) is 19.0. The van der Waals surface area contributed by atoms with Crippen molar-refractivity contribution in [3.63, 3.8) is 0 Å². The number of aromatic nitrogens is 5. The van der Waals surface area contributed by atoms with Gasteiger partial charge >= 0.3 is 0 Å². The van der Waals surface area contributed by atoms with Gasteiger partial charge in [-0.3, -0.25) is 4.79 Å². The van der Waals surface area contributed by atoms with E-state index in [1.807, 2.05) is 18.4 Å². The molecular formula is C17H17FN6OS. The summed E-state index contributed by atoms with van der Waals surface area (Å²) in [5.74, 6) is 1.65.